The van der Waals surface area contributed by atoms with Crippen LogP contribution < -0.4 is 9.47 Å². The Morgan fingerprint density at radius 2 is 1.46 bits per heavy atom. The normalized spacial score (nSPS) is 13.8. The van der Waals surface area contributed by atoms with Crippen molar-refractivity contribution in [2.45, 2.75) is 50.9 Å². The van der Waals surface area contributed by atoms with Gasteiger partial charge in [0.05, 0.1) is 0 Å². The van der Waals surface area contributed by atoms with E-state index in [1.54, 1.807) is 6.07 Å². The van der Waals surface area contributed by atoms with Gasteiger partial charge in [-0.2, -0.15) is 26.9 Å². The summed E-state index contributed by atoms with van der Waals surface area (Å²) in [4.78, 5) is -1.23. The third-order valence-corrected chi connectivity index (χ3v) is 4.77. The highest BCUT2D eigenvalue weighted by Crippen LogP contribution is 2.29. The lowest BCUT2D eigenvalue weighted by atomic mass is 10.0. The van der Waals surface area contributed by atoms with E-state index in [-0.39, 0.29) is 18.6 Å². The number of hydrogen-bond donors (Lipinski definition) is 0. The van der Waals surface area contributed by atoms with Crippen LogP contribution in [0.1, 0.15) is 17.5 Å². The van der Waals surface area contributed by atoms with Gasteiger partial charge < -0.3 is 9.47 Å². The van der Waals surface area contributed by atoms with Crippen LogP contribution in [0.2, 0.25) is 0 Å². The lowest BCUT2D eigenvalue weighted by Crippen LogP contribution is -2.44. The van der Waals surface area contributed by atoms with E-state index >= 15 is 0 Å². The molecule has 0 heterocycles. The molecule has 0 saturated heterocycles. The molecule has 0 fully saturated rings. The maximum atomic E-state index is 12.7. The minimum Gasteiger partial charge on any atom is -0.491 e. The third kappa shape index (κ3) is 11.4. The first kappa shape index (κ1) is 30.4. The zero-order chi connectivity index (χ0) is 27.9. The van der Waals surface area contributed by atoms with Crippen LogP contribution in [-0.4, -0.2) is 49.7 Å². The summed E-state index contributed by atoms with van der Waals surface area (Å²) in [6.45, 7) is -6.39. The van der Waals surface area contributed by atoms with E-state index in [0.29, 0.717) is 11.1 Å². The van der Waals surface area contributed by atoms with E-state index in [0.717, 1.165) is 12.1 Å². The Morgan fingerprint density at radius 1 is 0.784 bits per heavy atom. The Bertz CT molecular complexity index is 977. The predicted molar refractivity (Wildman–Crippen MR) is 107 cm³/mol. The van der Waals surface area contributed by atoms with Crippen LogP contribution >= 0.6 is 0 Å². The average molecular weight is 555 g/mol. The molecule has 2 aromatic rings. The van der Waals surface area contributed by atoms with Gasteiger partial charge in [-0.15, -0.1) is 26.3 Å². The number of hydrogen-bond acceptors (Lipinski definition) is 4. The fourth-order valence-corrected chi connectivity index (χ4v) is 3.19. The first-order chi connectivity index (χ1) is 17.0. The molecular formula is C22H20F11NO3. The zero-order valence-electron chi connectivity index (χ0n) is 18.6. The molecule has 0 aliphatic heterocycles. The van der Waals surface area contributed by atoms with Gasteiger partial charge in [-0.3, -0.25) is 4.74 Å². The average Bonchev–Trinajstić information content (AvgIpc) is 2.73. The lowest BCUT2D eigenvalue weighted by Gasteiger charge is -2.26. The topological polar surface area (TPSA) is 30.9 Å². The van der Waals surface area contributed by atoms with E-state index in [1.807, 2.05) is 0 Å². The molecule has 0 saturated carbocycles. The van der Waals surface area contributed by atoms with Gasteiger partial charge in [-0.05, 0) is 48.6 Å². The molecule has 0 radical (unpaired) electrons. The number of halogens is 11. The highest BCUT2D eigenvalue weighted by Gasteiger charge is 2.43. The van der Waals surface area contributed by atoms with E-state index in [4.69, 9.17) is 4.74 Å². The molecule has 0 unspecified atom stereocenters. The Morgan fingerprint density at radius 3 is 2.05 bits per heavy atom. The summed E-state index contributed by atoms with van der Waals surface area (Å²) in [7, 11) is 0. The smallest absolute Gasteiger partial charge is 0.491 e. The summed E-state index contributed by atoms with van der Waals surface area (Å²) < 4.78 is 152. The molecule has 0 spiro atoms. The minimum atomic E-state index is -5.48. The van der Waals surface area contributed by atoms with Gasteiger partial charge in [-0.1, -0.05) is 30.3 Å². The van der Waals surface area contributed by atoms with E-state index in [9.17, 15) is 48.3 Å². The van der Waals surface area contributed by atoms with Gasteiger partial charge in [0.15, 0.2) is 0 Å². The molecule has 2 rings (SSSR count). The second kappa shape index (κ2) is 12.6. The fourth-order valence-electron chi connectivity index (χ4n) is 3.19. The van der Waals surface area contributed by atoms with Crippen LogP contribution in [0, 0.1) is 0 Å². The van der Waals surface area contributed by atoms with Crippen molar-refractivity contribution in [1.82, 2.24) is 4.90 Å². The van der Waals surface area contributed by atoms with Crippen molar-refractivity contribution in [1.29, 1.82) is 0 Å². The molecule has 1 atom stereocenters. The number of benzene rings is 2. The van der Waals surface area contributed by atoms with Gasteiger partial charge in [0.1, 0.15) is 24.2 Å². The Hall–Kier alpha value is -2.81. The van der Waals surface area contributed by atoms with Gasteiger partial charge in [0.2, 0.25) is 0 Å². The molecule has 0 amide bonds. The maximum absolute atomic E-state index is 12.7. The lowest BCUT2D eigenvalue weighted by molar-refractivity contribution is -0.347. The van der Waals surface area contributed by atoms with E-state index in [2.05, 4.69) is 9.47 Å². The summed E-state index contributed by atoms with van der Waals surface area (Å²) >= 11 is 0. The molecule has 2 aromatic carbocycles. The molecule has 0 aromatic heterocycles. The standard InChI is InChI=1S/C22H20F11NO3/c23-19(24)34(20(25,26)27)11-10-17(37-22(31,32)33)13-35-18-7-2-1-5-15(18)9-8-14-4-3-6-16(12-14)36-21(28,29)30/h1-7,12,17,19H,8-11,13H2/t17-/m1/s1. The van der Waals surface area contributed by atoms with Crippen LogP contribution in [-0.2, 0) is 17.6 Å². The number of para-hydroxylation sites is 1. The summed E-state index contributed by atoms with van der Waals surface area (Å²) in [6.07, 6.45) is -18.4. The van der Waals surface area contributed by atoms with Crippen LogP contribution in [0.3, 0.4) is 0 Å². The molecule has 0 bridgehead atoms. The minimum absolute atomic E-state index is 0.0301. The highest BCUT2D eigenvalue weighted by atomic mass is 19.4. The maximum Gasteiger partial charge on any atom is 0.573 e. The van der Waals surface area contributed by atoms with E-state index < -0.39 is 61.9 Å². The van der Waals surface area contributed by atoms with Gasteiger partial charge >= 0.3 is 25.6 Å². The summed E-state index contributed by atoms with van der Waals surface area (Å²) in [5.74, 6) is -0.416. The molecule has 4 nitrogen and oxygen atoms in total. The van der Waals surface area contributed by atoms with Crippen molar-refractivity contribution in [2.24, 2.45) is 0 Å². The number of nitrogens with zero attached hydrogens (tertiary/aromatic N) is 1. The highest BCUT2D eigenvalue weighted by molar-refractivity contribution is 5.35. The van der Waals surface area contributed by atoms with Gasteiger partial charge in [0, 0.05) is 6.54 Å². The second-order valence-electron chi connectivity index (χ2n) is 7.53. The number of aryl methyl sites for hydroxylation is 2. The molecule has 15 heteroatoms. The predicted octanol–water partition coefficient (Wildman–Crippen LogP) is 7.09. The number of rotatable bonds is 12. The Balaban J connectivity index is 2.07. The monoisotopic (exact) mass is 555 g/mol. The summed E-state index contributed by atoms with van der Waals surface area (Å²) in [5, 5.41) is 0. The van der Waals surface area contributed by atoms with Crippen LogP contribution in [0.4, 0.5) is 48.3 Å². The zero-order valence-corrected chi connectivity index (χ0v) is 18.6. The molecule has 0 aliphatic rings. The largest absolute Gasteiger partial charge is 0.573 e. The van der Waals surface area contributed by atoms with Crippen molar-refractivity contribution in [3.63, 3.8) is 0 Å². The van der Waals surface area contributed by atoms with Crippen molar-refractivity contribution < 1.29 is 62.5 Å². The summed E-state index contributed by atoms with van der Waals surface area (Å²) in [6, 6.07) is 11.0. The Labute approximate surface area is 203 Å². The number of alkyl halides is 11. The SMILES string of the molecule is FC(F)N(CC[C@H](COc1ccccc1CCc1cccc(OC(F)(F)F)c1)OC(F)(F)F)C(F)(F)F. The molecular weight excluding hydrogens is 535 g/mol. The third-order valence-electron chi connectivity index (χ3n) is 4.77. The molecule has 208 valence electrons. The van der Waals surface area contributed by atoms with Gasteiger partial charge in [0.25, 0.3) is 0 Å². The van der Waals surface area contributed by atoms with Crippen molar-refractivity contribution in [3.8, 4) is 11.5 Å². The van der Waals surface area contributed by atoms with Crippen molar-refractivity contribution >= 4 is 0 Å². The van der Waals surface area contributed by atoms with Crippen LogP contribution in [0.5, 0.6) is 11.5 Å². The molecule has 0 aliphatic carbocycles. The van der Waals surface area contributed by atoms with Crippen LogP contribution in [0.15, 0.2) is 48.5 Å². The second-order valence-corrected chi connectivity index (χ2v) is 7.53. The first-order valence-corrected chi connectivity index (χ1v) is 10.4. The van der Waals surface area contributed by atoms with Crippen molar-refractivity contribution in [3.05, 3.63) is 59.7 Å². The van der Waals surface area contributed by atoms with Crippen molar-refractivity contribution in [2.75, 3.05) is 13.2 Å². The molecule has 37 heavy (non-hydrogen) atoms. The first-order valence-electron chi connectivity index (χ1n) is 10.4. The van der Waals surface area contributed by atoms with Crippen LogP contribution in [0.25, 0.3) is 0 Å². The Kier molecular flexibility index (Phi) is 10.4. The quantitative estimate of drug-likeness (QED) is 0.207. The molecule has 0 N–H and O–H groups in total. The summed E-state index contributed by atoms with van der Waals surface area (Å²) in [5.41, 5.74) is 0.856. The van der Waals surface area contributed by atoms with Gasteiger partial charge in [-0.25, -0.2) is 0 Å². The fraction of sp³-hybridized carbons (Fsp3) is 0.455. The number of ether oxygens (including phenoxy) is 3. The van der Waals surface area contributed by atoms with E-state index in [1.165, 1.54) is 30.3 Å².